The second kappa shape index (κ2) is 5.44. The number of halogens is 3. The number of nitrogens with one attached hydrogen (secondary N) is 1. The number of hydrogen-bond acceptors (Lipinski definition) is 2. The molecule has 0 amide bonds. The first-order valence-electron chi connectivity index (χ1n) is 5.93. The van der Waals surface area contributed by atoms with Crippen LogP contribution in [0.15, 0.2) is 30.5 Å². The third kappa shape index (κ3) is 2.96. The summed E-state index contributed by atoms with van der Waals surface area (Å²) < 4.78 is 38.9. The van der Waals surface area contributed by atoms with E-state index in [1.807, 2.05) is 0 Å². The average molecular weight is 269 g/mol. The van der Waals surface area contributed by atoms with E-state index in [1.165, 1.54) is 12.1 Å². The zero-order chi connectivity index (χ0) is 13.9. The number of aromatic amines is 1. The van der Waals surface area contributed by atoms with Crippen LogP contribution >= 0.6 is 0 Å². The van der Waals surface area contributed by atoms with Crippen molar-refractivity contribution in [2.75, 3.05) is 6.54 Å². The molecule has 1 aromatic carbocycles. The Balaban J connectivity index is 2.45. The second-order valence-corrected chi connectivity index (χ2v) is 4.21. The lowest BCUT2D eigenvalue weighted by molar-refractivity contribution is -0.137. The smallest absolute Gasteiger partial charge is 0.330 e. The highest BCUT2D eigenvalue weighted by Gasteiger charge is 2.34. The van der Waals surface area contributed by atoms with Crippen molar-refractivity contribution in [1.29, 1.82) is 0 Å². The Morgan fingerprint density at radius 3 is 2.63 bits per heavy atom. The molecular formula is C13H14F3N3. The number of aromatic nitrogens is 2. The van der Waals surface area contributed by atoms with E-state index < -0.39 is 11.7 Å². The van der Waals surface area contributed by atoms with E-state index in [0.717, 1.165) is 11.6 Å². The first-order chi connectivity index (χ1) is 9.04. The Morgan fingerprint density at radius 1 is 1.21 bits per heavy atom. The third-order valence-corrected chi connectivity index (χ3v) is 2.87. The Kier molecular flexibility index (Phi) is 3.90. The van der Waals surface area contributed by atoms with Gasteiger partial charge in [-0.25, -0.2) is 0 Å². The van der Waals surface area contributed by atoms with E-state index in [9.17, 15) is 13.2 Å². The van der Waals surface area contributed by atoms with Gasteiger partial charge >= 0.3 is 6.18 Å². The van der Waals surface area contributed by atoms with Crippen LogP contribution in [0.25, 0.3) is 11.3 Å². The topological polar surface area (TPSA) is 54.7 Å². The number of alkyl halides is 3. The number of nitrogens with zero attached hydrogens (tertiary/aromatic N) is 1. The second-order valence-electron chi connectivity index (χ2n) is 4.21. The minimum atomic E-state index is -4.38. The number of nitrogens with two attached hydrogens (primary N) is 1. The molecule has 0 bridgehead atoms. The van der Waals surface area contributed by atoms with Gasteiger partial charge in [0.25, 0.3) is 0 Å². The maximum absolute atomic E-state index is 13.0. The number of H-pyrrole nitrogens is 1. The molecule has 0 saturated carbocycles. The molecule has 0 fully saturated rings. The normalized spacial score (nSPS) is 11.8. The van der Waals surface area contributed by atoms with Crippen LogP contribution in [-0.4, -0.2) is 16.7 Å². The quantitative estimate of drug-likeness (QED) is 0.896. The first-order valence-corrected chi connectivity index (χ1v) is 5.93. The summed E-state index contributed by atoms with van der Waals surface area (Å²) in [6.07, 6.45) is -1.51. The highest BCUT2D eigenvalue weighted by molar-refractivity contribution is 5.67. The molecule has 3 N–H and O–H groups in total. The van der Waals surface area contributed by atoms with Crippen LogP contribution in [0.3, 0.4) is 0 Å². The summed E-state index contributed by atoms with van der Waals surface area (Å²) in [6.45, 7) is 0.492. The molecule has 0 aliphatic heterocycles. The van der Waals surface area contributed by atoms with Gasteiger partial charge in [0, 0.05) is 5.56 Å². The molecule has 0 unspecified atom stereocenters. The maximum atomic E-state index is 13.0. The van der Waals surface area contributed by atoms with Crippen molar-refractivity contribution in [3.8, 4) is 11.3 Å². The molecule has 2 aromatic rings. The summed E-state index contributed by atoms with van der Waals surface area (Å²) >= 11 is 0. The van der Waals surface area contributed by atoms with Crippen molar-refractivity contribution in [2.45, 2.75) is 19.0 Å². The van der Waals surface area contributed by atoms with Crippen LogP contribution in [0, 0.1) is 0 Å². The van der Waals surface area contributed by atoms with Crippen molar-refractivity contribution < 1.29 is 13.2 Å². The lowest BCUT2D eigenvalue weighted by Crippen LogP contribution is -2.08. The van der Waals surface area contributed by atoms with Gasteiger partial charge in [0.1, 0.15) is 0 Å². The highest BCUT2D eigenvalue weighted by atomic mass is 19.4. The standard InChI is InChI=1S/C13H14F3N3/c14-13(15,16)11-6-2-1-5-10(11)12-9(4-3-7-17)8-18-19-12/h1-2,5-6,8H,3-4,7,17H2,(H,18,19). The van der Waals surface area contributed by atoms with E-state index >= 15 is 0 Å². The van der Waals surface area contributed by atoms with E-state index in [4.69, 9.17) is 5.73 Å². The minimum absolute atomic E-state index is 0.125. The van der Waals surface area contributed by atoms with Crippen LogP contribution in [0.4, 0.5) is 13.2 Å². The summed E-state index contributed by atoms with van der Waals surface area (Å²) in [6, 6.07) is 5.48. The average Bonchev–Trinajstić information content (AvgIpc) is 2.83. The molecule has 0 spiro atoms. The first kappa shape index (κ1) is 13.6. The van der Waals surface area contributed by atoms with Crippen LogP contribution in [-0.2, 0) is 12.6 Å². The van der Waals surface area contributed by atoms with Crippen LogP contribution in [0.5, 0.6) is 0 Å². The predicted molar refractivity (Wildman–Crippen MR) is 66.4 cm³/mol. The Morgan fingerprint density at radius 2 is 1.95 bits per heavy atom. The summed E-state index contributed by atoms with van der Waals surface area (Å²) in [7, 11) is 0. The minimum Gasteiger partial charge on any atom is -0.330 e. The summed E-state index contributed by atoms with van der Waals surface area (Å²) in [5.74, 6) is 0. The van der Waals surface area contributed by atoms with Crippen LogP contribution < -0.4 is 5.73 Å². The van der Waals surface area contributed by atoms with Gasteiger partial charge in [0.15, 0.2) is 0 Å². The molecule has 6 heteroatoms. The number of hydrogen-bond donors (Lipinski definition) is 2. The molecular weight excluding hydrogens is 255 g/mol. The van der Waals surface area contributed by atoms with Crippen molar-refractivity contribution in [1.82, 2.24) is 10.2 Å². The number of aryl methyl sites for hydroxylation is 1. The molecule has 1 heterocycles. The van der Waals surface area contributed by atoms with E-state index in [1.54, 1.807) is 12.3 Å². The Bertz CT molecular complexity index is 546. The van der Waals surface area contributed by atoms with Gasteiger partial charge in [-0.05, 0) is 31.0 Å². The SMILES string of the molecule is NCCCc1cn[nH]c1-c1ccccc1C(F)(F)F. The lowest BCUT2D eigenvalue weighted by Gasteiger charge is -2.12. The van der Waals surface area contributed by atoms with Crippen molar-refractivity contribution in [2.24, 2.45) is 5.73 Å². The molecule has 0 aliphatic carbocycles. The zero-order valence-electron chi connectivity index (χ0n) is 10.2. The Hall–Kier alpha value is -1.82. The van der Waals surface area contributed by atoms with Crippen LogP contribution in [0.1, 0.15) is 17.5 Å². The number of rotatable bonds is 4. The summed E-state index contributed by atoms with van der Waals surface area (Å²) in [4.78, 5) is 0. The van der Waals surface area contributed by atoms with Gasteiger partial charge in [-0.1, -0.05) is 18.2 Å². The zero-order valence-corrected chi connectivity index (χ0v) is 10.2. The van der Waals surface area contributed by atoms with Gasteiger partial charge in [-0.3, -0.25) is 5.10 Å². The molecule has 1 aromatic heterocycles. The molecule has 19 heavy (non-hydrogen) atoms. The van der Waals surface area contributed by atoms with Gasteiger partial charge in [0.05, 0.1) is 17.5 Å². The summed E-state index contributed by atoms with van der Waals surface area (Å²) in [5.41, 5.74) is 6.06. The summed E-state index contributed by atoms with van der Waals surface area (Å²) in [5, 5.41) is 6.49. The van der Waals surface area contributed by atoms with Gasteiger partial charge < -0.3 is 5.73 Å². The third-order valence-electron chi connectivity index (χ3n) is 2.87. The fourth-order valence-corrected chi connectivity index (χ4v) is 1.97. The molecule has 0 saturated heterocycles. The van der Waals surface area contributed by atoms with E-state index in [2.05, 4.69) is 10.2 Å². The predicted octanol–water partition coefficient (Wildman–Crippen LogP) is 2.99. The van der Waals surface area contributed by atoms with Crippen LogP contribution in [0.2, 0.25) is 0 Å². The van der Waals surface area contributed by atoms with Crippen molar-refractivity contribution in [3.05, 3.63) is 41.6 Å². The van der Waals surface area contributed by atoms with Gasteiger partial charge in [-0.15, -0.1) is 0 Å². The molecule has 3 nitrogen and oxygen atoms in total. The maximum Gasteiger partial charge on any atom is 0.417 e. The molecule has 102 valence electrons. The number of benzene rings is 1. The lowest BCUT2D eigenvalue weighted by atomic mass is 9.99. The van der Waals surface area contributed by atoms with E-state index in [0.29, 0.717) is 25.1 Å². The largest absolute Gasteiger partial charge is 0.417 e. The van der Waals surface area contributed by atoms with E-state index in [-0.39, 0.29) is 5.56 Å². The van der Waals surface area contributed by atoms with Gasteiger partial charge in [-0.2, -0.15) is 18.3 Å². The fourth-order valence-electron chi connectivity index (χ4n) is 1.97. The monoisotopic (exact) mass is 269 g/mol. The molecule has 0 atom stereocenters. The fraction of sp³-hybridized carbons (Fsp3) is 0.308. The van der Waals surface area contributed by atoms with Gasteiger partial charge in [0.2, 0.25) is 0 Å². The molecule has 2 rings (SSSR count). The molecule has 0 aliphatic rings. The van der Waals surface area contributed by atoms with Crippen molar-refractivity contribution in [3.63, 3.8) is 0 Å². The Labute approximate surface area is 108 Å². The molecule has 0 radical (unpaired) electrons. The highest BCUT2D eigenvalue weighted by Crippen LogP contribution is 2.37. The van der Waals surface area contributed by atoms with Crippen molar-refractivity contribution >= 4 is 0 Å².